The van der Waals surface area contributed by atoms with E-state index < -0.39 is 0 Å². The first-order valence-corrected chi connectivity index (χ1v) is 5.99. The Bertz CT molecular complexity index is 635. The molecule has 0 radical (unpaired) electrons. The van der Waals surface area contributed by atoms with Gasteiger partial charge in [0.15, 0.2) is 5.78 Å². The third-order valence-electron chi connectivity index (χ3n) is 3.40. The summed E-state index contributed by atoms with van der Waals surface area (Å²) in [5.41, 5.74) is 3.35. The molecule has 0 amide bonds. The monoisotopic (exact) mass is 222 g/mol. The van der Waals surface area contributed by atoms with Gasteiger partial charge in [0.2, 0.25) is 0 Å². The van der Waals surface area contributed by atoms with Crippen molar-refractivity contribution < 1.29 is 4.79 Å². The molecule has 0 saturated heterocycles. The number of benzene rings is 2. The molecule has 0 aliphatic heterocycles. The first-order valence-electron chi connectivity index (χ1n) is 5.99. The number of fused-ring (bicyclic) bond motifs is 2. The third-order valence-corrected chi connectivity index (χ3v) is 3.40. The van der Waals surface area contributed by atoms with Crippen LogP contribution in [-0.2, 0) is 6.42 Å². The zero-order valence-electron chi connectivity index (χ0n) is 9.86. The molecule has 2 aromatic carbocycles. The van der Waals surface area contributed by atoms with E-state index in [1.807, 2.05) is 18.2 Å². The zero-order chi connectivity index (χ0) is 11.8. The van der Waals surface area contributed by atoms with Gasteiger partial charge in [-0.3, -0.25) is 4.79 Å². The van der Waals surface area contributed by atoms with E-state index in [0.29, 0.717) is 0 Å². The third kappa shape index (κ3) is 1.59. The van der Waals surface area contributed by atoms with Gasteiger partial charge in [0, 0.05) is 5.56 Å². The van der Waals surface area contributed by atoms with Crippen molar-refractivity contribution in [2.45, 2.75) is 19.8 Å². The van der Waals surface area contributed by atoms with E-state index in [0.717, 1.165) is 29.2 Å². The van der Waals surface area contributed by atoms with E-state index in [9.17, 15) is 4.79 Å². The highest BCUT2D eigenvalue weighted by Gasteiger charge is 2.16. The highest BCUT2D eigenvalue weighted by molar-refractivity contribution is 6.09. The highest BCUT2D eigenvalue weighted by Crippen LogP contribution is 2.30. The molecule has 0 saturated carbocycles. The van der Waals surface area contributed by atoms with E-state index in [-0.39, 0.29) is 5.78 Å². The van der Waals surface area contributed by atoms with Crippen LogP contribution in [-0.4, -0.2) is 5.78 Å². The molecule has 1 aliphatic rings. The number of allylic oxidation sites excluding steroid dienone is 1. The summed E-state index contributed by atoms with van der Waals surface area (Å²) >= 11 is 0. The van der Waals surface area contributed by atoms with E-state index in [1.165, 1.54) is 11.1 Å². The van der Waals surface area contributed by atoms with Crippen molar-refractivity contribution in [2.24, 2.45) is 0 Å². The molecule has 1 nitrogen and oxygen atoms in total. The van der Waals surface area contributed by atoms with Gasteiger partial charge >= 0.3 is 0 Å². The summed E-state index contributed by atoms with van der Waals surface area (Å²) in [4.78, 5) is 11.9. The predicted octanol–water partition coefficient (Wildman–Crippen LogP) is 4.00. The van der Waals surface area contributed by atoms with Gasteiger partial charge < -0.3 is 0 Å². The molecule has 0 fully saturated rings. The van der Waals surface area contributed by atoms with Gasteiger partial charge in [-0.05, 0) is 47.7 Å². The SMILES string of the molecule is CC(=O)c1c2c(cc3ccccc13)C=CCC2. The number of hydrogen-bond donors (Lipinski definition) is 0. The number of Topliss-reactive ketones (excluding diaryl/α,β-unsaturated/α-hetero) is 1. The Balaban J connectivity index is 2.46. The molecule has 0 bridgehead atoms. The van der Waals surface area contributed by atoms with Gasteiger partial charge in [0.05, 0.1) is 0 Å². The summed E-state index contributed by atoms with van der Waals surface area (Å²) in [7, 11) is 0. The van der Waals surface area contributed by atoms with Crippen LogP contribution in [0.25, 0.3) is 16.8 Å². The maximum atomic E-state index is 11.9. The summed E-state index contributed by atoms with van der Waals surface area (Å²) in [5.74, 6) is 0.174. The summed E-state index contributed by atoms with van der Waals surface area (Å²) in [6.07, 6.45) is 6.33. The van der Waals surface area contributed by atoms with Gasteiger partial charge in [-0.2, -0.15) is 0 Å². The summed E-state index contributed by atoms with van der Waals surface area (Å²) in [5, 5.41) is 2.25. The van der Waals surface area contributed by atoms with Crippen LogP contribution < -0.4 is 0 Å². The Morgan fingerprint density at radius 1 is 1.24 bits per heavy atom. The van der Waals surface area contributed by atoms with Gasteiger partial charge in [-0.25, -0.2) is 0 Å². The smallest absolute Gasteiger partial charge is 0.160 e. The summed E-state index contributed by atoms with van der Waals surface area (Å²) in [6, 6.07) is 10.3. The van der Waals surface area contributed by atoms with Crippen molar-refractivity contribution in [1.29, 1.82) is 0 Å². The normalized spacial score (nSPS) is 13.7. The molecule has 0 heterocycles. The van der Waals surface area contributed by atoms with Crippen LogP contribution >= 0.6 is 0 Å². The van der Waals surface area contributed by atoms with Crippen LogP contribution in [0, 0.1) is 0 Å². The molecule has 17 heavy (non-hydrogen) atoms. The van der Waals surface area contributed by atoms with Crippen molar-refractivity contribution in [3.05, 3.63) is 53.1 Å². The number of ketones is 1. The zero-order valence-corrected chi connectivity index (χ0v) is 9.86. The fourth-order valence-electron chi connectivity index (χ4n) is 2.67. The maximum absolute atomic E-state index is 11.9. The highest BCUT2D eigenvalue weighted by atomic mass is 16.1. The van der Waals surface area contributed by atoms with Crippen molar-refractivity contribution in [3.8, 4) is 0 Å². The topological polar surface area (TPSA) is 17.1 Å². The van der Waals surface area contributed by atoms with Gasteiger partial charge in [0.25, 0.3) is 0 Å². The van der Waals surface area contributed by atoms with Crippen molar-refractivity contribution >= 4 is 22.6 Å². The van der Waals surface area contributed by atoms with Crippen LogP contribution in [0.1, 0.15) is 34.8 Å². The maximum Gasteiger partial charge on any atom is 0.160 e. The fraction of sp³-hybridized carbons (Fsp3) is 0.188. The minimum Gasteiger partial charge on any atom is -0.294 e. The average molecular weight is 222 g/mol. The average Bonchev–Trinajstić information content (AvgIpc) is 2.35. The number of hydrogen-bond acceptors (Lipinski definition) is 1. The van der Waals surface area contributed by atoms with Crippen LogP contribution in [0.3, 0.4) is 0 Å². The molecule has 2 aromatic rings. The second-order valence-electron chi connectivity index (χ2n) is 4.54. The van der Waals surface area contributed by atoms with Crippen molar-refractivity contribution in [2.75, 3.05) is 0 Å². The second-order valence-corrected chi connectivity index (χ2v) is 4.54. The van der Waals surface area contributed by atoms with Gasteiger partial charge in [-0.1, -0.05) is 36.4 Å². The Morgan fingerprint density at radius 3 is 2.88 bits per heavy atom. The fourth-order valence-corrected chi connectivity index (χ4v) is 2.67. The molecule has 1 heteroatoms. The Kier molecular flexibility index (Phi) is 2.32. The minimum atomic E-state index is 0.174. The summed E-state index contributed by atoms with van der Waals surface area (Å²) < 4.78 is 0. The molecule has 0 unspecified atom stereocenters. The molecule has 0 N–H and O–H groups in total. The number of carbonyl (C=O) groups excluding carboxylic acids is 1. The van der Waals surface area contributed by atoms with Crippen molar-refractivity contribution in [3.63, 3.8) is 0 Å². The number of carbonyl (C=O) groups is 1. The Hall–Kier alpha value is -1.89. The first kappa shape index (κ1) is 10.3. The molecule has 3 rings (SSSR count). The van der Waals surface area contributed by atoms with E-state index in [1.54, 1.807) is 6.92 Å². The largest absolute Gasteiger partial charge is 0.294 e. The van der Waals surface area contributed by atoms with Crippen LogP contribution in [0.4, 0.5) is 0 Å². The first-order chi connectivity index (χ1) is 8.27. The molecule has 0 atom stereocenters. The van der Waals surface area contributed by atoms with E-state index >= 15 is 0 Å². The second kappa shape index (κ2) is 3.85. The van der Waals surface area contributed by atoms with E-state index in [2.05, 4.69) is 24.3 Å². The Labute approximate surface area is 101 Å². The van der Waals surface area contributed by atoms with Crippen molar-refractivity contribution in [1.82, 2.24) is 0 Å². The summed E-state index contributed by atoms with van der Waals surface area (Å²) in [6.45, 7) is 1.67. The lowest BCUT2D eigenvalue weighted by Crippen LogP contribution is -2.05. The number of rotatable bonds is 1. The lowest BCUT2D eigenvalue weighted by molar-refractivity contribution is 0.101. The quantitative estimate of drug-likeness (QED) is 0.666. The van der Waals surface area contributed by atoms with Gasteiger partial charge in [-0.15, -0.1) is 0 Å². The lowest BCUT2D eigenvalue weighted by atomic mass is 9.87. The standard InChI is InChI=1S/C16H14O/c1-11(17)16-14-8-4-2-6-12(14)10-13-7-3-5-9-15(13)16/h2-4,6-8,10H,5,9H2,1H3. The molecule has 0 spiro atoms. The Morgan fingerprint density at radius 2 is 2.06 bits per heavy atom. The lowest BCUT2D eigenvalue weighted by Gasteiger charge is -2.16. The van der Waals surface area contributed by atoms with E-state index in [4.69, 9.17) is 0 Å². The minimum absolute atomic E-state index is 0.174. The molecule has 84 valence electrons. The van der Waals surface area contributed by atoms with Crippen LogP contribution in [0.5, 0.6) is 0 Å². The molecular weight excluding hydrogens is 208 g/mol. The molecular formula is C16H14O. The predicted molar refractivity (Wildman–Crippen MR) is 71.3 cm³/mol. The molecule has 1 aliphatic carbocycles. The van der Waals surface area contributed by atoms with Crippen LogP contribution in [0.15, 0.2) is 36.4 Å². The van der Waals surface area contributed by atoms with Crippen LogP contribution in [0.2, 0.25) is 0 Å². The molecule has 0 aromatic heterocycles. The van der Waals surface area contributed by atoms with Gasteiger partial charge in [0.1, 0.15) is 0 Å².